The van der Waals surface area contributed by atoms with Crippen LogP contribution in [0.5, 0.6) is 0 Å². The molecule has 0 aromatic rings. The summed E-state index contributed by atoms with van der Waals surface area (Å²) in [5.74, 6) is 0.0688. The minimum atomic E-state index is -0.212. The molecule has 0 saturated heterocycles. The first kappa shape index (κ1) is 21.6. The first-order valence-corrected chi connectivity index (χ1v) is 10.6. The van der Waals surface area contributed by atoms with Crippen LogP contribution in [0.2, 0.25) is 0 Å². The van der Waals surface area contributed by atoms with E-state index in [1.165, 1.54) is 29.9 Å². The zero-order valence-corrected chi connectivity index (χ0v) is 16.8. The number of unbranched alkanes of at least 4 members (excludes halogenated alkanes) is 2. The SMILES string of the molecule is CCCCCNC(CCC)NC(=O)C1CCC(CN2C(=O)C=CC2=O)CC1. The first-order chi connectivity index (χ1) is 13.0. The Morgan fingerprint density at radius 1 is 1.07 bits per heavy atom. The van der Waals surface area contributed by atoms with Crippen molar-refractivity contribution in [2.45, 2.75) is 77.8 Å². The Labute approximate surface area is 163 Å². The monoisotopic (exact) mass is 377 g/mol. The predicted molar refractivity (Wildman–Crippen MR) is 106 cm³/mol. The number of nitrogens with zero attached hydrogens (tertiary/aromatic N) is 1. The summed E-state index contributed by atoms with van der Waals surface area (Å²) in [6, 6.07) is 0. The summed E-state index contributed by atoms with van der Waals surface area (Å²) in [6.45, 7) is 5.75. The maximum absolute atomic E-state index is 12.6. The number of rotatable bonds is 11. The molecule has 1 heterocycles. The van der Waals surface area contributed by atoms with Crippen molar-refractivity contribution in [2.75, 3.05) is 13.1 Å². The predicted octanol–water partition coefficient (Wildman–Crippen LogP) is 2.74. The number of hydrogen-bond acceptors (Lipinski definition) is 4. The van der Waals surface area contributed by atoms with Gasteiger partial charge in [0.2, 0.25) is 5.91 Å². The van der Waals surface area contributed by atoms with Crippen molar-refractivity contribution in [3.8, 4) is 0 Å². The Balaban J connectivity index is 1.72. The fourth-order valence-corrected chi connectivity index (χ4v) is 3.93. The highest BCUT2D eigenvalue weighted by molar-refractivity contribution is 6.12. The van der Waals surface area contributed by atoms with E-state index in [2.05, 4.69) is 24.5 Å². The quantitative estimate of drug-likeness (QED) is 0.330. The van der Waals surface area contributed by atoms with E-state index in [4.69, 9.17) is 0 Å². The molecule has 0 bridgehead atoms. The molecular weight excluding hydrogens is 342 g/mol. The standard InChI is InChI=1S/C21H35N3O3/c1-3-5-6-14-22-18(7-4-2)23-21(27)17-10-8-16(9-11-17)15-24-19(25)12-13-20(24)26/h12-13,16-18,22H,3-11,14-15H2,1-2H3,(H,23,27). The van der Waals surface area contributed by atoms with E-state index in [0.717, 1.165) is 51.5 Å². The van der Waals surface area contributed by atoms with Gasteiger partial charge in [-0.3, -0.25) is 24.6 Å². The molecule has 1 aliphatic carbocycles. The topological polar surface area (TPSA) is 78.5 Å². The summed E-state index contributed by atoms with van der Waals surface area (Å²) in [7, 11) is 0. The van der Waals surface area contributed by atoms with Crippen LogP contribution in [0.15, 0.2) is 12.2 Å². The summed E-state index contributed by atoms with van der Waals surface area (Å²) < 4.78 is 0. The summed E-state index contributed by atoms with van der Waals surface area (Å²) in [4.78, 5) is 37.3. The zero-order valence-electron chi connectivity index (χ0n) is 16.8. The highest BCUT2D eigenvalue weighted by Gasteiger charge is 2.31. The number of imide groups is 1. The second-order valence-electron chi connectivity index (χ2n) is 7.85. The Bertz CT molecular complexity index is 521. The van der Waals surface area contributed by atoms with Crippen molar-refractivity contribution in [1.29, 1.82) is 0 Å². The van der Waals surface area contributed by atoms with Gasteiger partial charge in [0.15, 0.2) is 0 Å². The third-order valence-corrected chi connectivity index (χ3v) is 5.62. The molecule has 1 aliphatic heterocycles. The molecule has 1 unspecified atom stereocenters. The molecule has 2 N–H and O–H groups in total. The molecule has 6 heteroatoms. The first-order valence-electron chi connectivity index (χ1n) is 10.6. The maximum atomic E-state index is 12.6. The van der Waals surface area contributed by atoms with Crippen molar-refractivity contribution >= 4 is 17.7 Å². The van der Waals surface area contributed by atoms with Gasteiger partial charge in [0, 0.05) is 24.6 Å². The number of amides is 3. The Hall–Kier alpha value is -1.69. The molecule has 1 fully saturated rings. The molecule has 0 spiro atoms. The van der Waals surface area contributed by atoms with E-state index in [1.807, 2.05) is 0 Å². The number of carbonyl (C=O) groups excluding carboxylic acids is 3. The molecule has 27 heavy (non-hydrogen) atoms. The molecule has 3 amide bonds. The van der Waals surface area contributed by atoms with Crippen LogP contribution in [0.3, 0.4) is 0 Å². The van der Waals surface area contributed by atoms with Crippen molar-refractivity contribution in [2.24, 2.45) is 11.8 Å². The Kier molecular flexibility index (Phi) is 8.98. The lowest BCUT2D eigenvalue weighted by Gasteiger charge is -2.31. The molecule has 2 aliphatic rings. The fraction of sp³-hybridized carbons (Fsp3) is 0.762. The largest absolute Gasteiger partial charge is 0.341 e. The van der Waals surface area contributed by atoms with Gasteiger partial charge in [-0.2, -0.15) is 0 Å². The smallest absolute Gasteiger partial charge is 0.253 e. The highest BCUT2D eigenvalue weighted by Crippen LogP contribution is 2.30. The van der Waals surface area contributed by atoms with E-state index >= 15 is 0 Å². The average molecular weight is 378 g/mol. The molecule has 6 nitrogen and oxygen atoms in total. The van der Waals surface area contributed by atoms with Gasteiger partial charge in [-0.05, 0) is 51.0 Å². The van der Waals surface area contributed by atoms with Crippen LogP contribution in [-0.2, 0) is 14.4 Å². The highest BCUT2D eigenvalue weighted by atomic mass is 16.2. The van der Waals surface area contributed by atoms with Gasteiger partial charge in [0.05, 0.1) is 6.17 Å². The molecule has 0 aromatic heterocycles. The van der Waals surface area contributed by atoms with Gasteiger partial charge in [-0.25, -0.2) is 0 Å². The van der Waals surface area contributed by atoms with Gasteiger partial charge >= 0.3 is 0 Å². The van der Waals surface area contributed by atoms with Crippen LogP contribution in [0.1, 0.15) is 71.6 Å². The molecule has 1 saturated carbocycles. The van der Waals surface area contributed by atoms with Crippen molar-refractivity contribution in [3.63, 3.8) is 0 Å². The van der Waals surface area contributed by atoms with Crippen LogP contribution in [-0.4, -0.2) is 41.9 Å². The van der Waals surface area contributed by atoms with Gasteiger partial charge < -0.3 is 5.32 Å². The summed E-state index contributed by atoms with van der Waals surface area (Å²) >= 11 is 0. The Morgan fingerprint density at radius 3 is 2.33 bits per heavy atom. The fourth-order valence-electron chi connectivity index (χ4n) is 3.93. The van der Waals surface area contributed by atoms with Crippen LogP contribution in [0, 0.1) is 11.8 Å². The minimum Gasteiger partial charge on any atom is -0.341 e. The molecule has 152 valence electrons. The summed E-state index contributed by atoms with van der Waals surface area (Å²) in [5, 5.41) is 6.66. The lowest BCUT2D eigenvalue weighted by atomic mass is 9.81. The van der Waals surface area contributed by atoms with E-state index in [9.17, 15) is 14.4 Å². The minimum absolute atomic E-state index is 0.0427. The lowest BCUT2D eigenvalue weighted by molar-refractivity contribution is -0.138. The second-order valence-corrected chi connectivity index (χ2v) is 7.85. The van der Waals surface area contributed by atoms with Crippen LogP contribution in [0.25, 0.3) is 0 Å². The summed E-state index contributed by atoms with van der Waals surface area (Å²) in [5.41, 5.74) is 0. The third-order valence-electron chi connectivity index (χ3n) is 5.62. The van der Waals surface area contributed by atoms with E-state index in [0.29, 0.717) is 12.5 Å². The lowest BCUT2D eigenvalue weighted by Crippen LogP contribution is -2.48. The number of nitrogens with one attached hydrogen (secondary N) is 2. The molecule has 0 aromatic carbocycles. The third kappa shape index (κ3) is 6.76. The van der Waals surface area contributed by atoms with Crippen molar-refractivity contribution in [3.05, 3.63) is 12.2 Å². The molecular formula is C21H35N3O3. The van der Waals surface area contributed by atoms with Crippen molar-refractivity contribution < 1.29 is 14.4 Å². The van der Waals surface area contributed by atoms with Gasteiger partial charge in [-0.1, -0.05) is 33.1 Å². The number of carbonyl (C=O) groups is 3. The van der Waals surface area contributed by atoms with Crippen LogP contribution >= 0.6 is 0 Å². The van der Waals surface area contributed by atoms with Crippen molar-refractivity contribution in [1.82, 2.24) is 15.5 Å². The van der Waals surface area contributed by atoms with Crippen LogP contribution in [0.4, 0.5) is 0 Å². The maximum Gasteiger partial charge on any atom is 0.253 e. The van der Waals surface area contributed by atoms with E-state index < -0.39 is 0 Å². The van der Waals surface area contributed by atoms with Gasteiger partial charge in [0.25, 0.3) is 11.8 Å². The van der Waals surface area contributed by atoms with Gasteiger partial charge in [-0.15, -0.1) is 0 Å². The molecule has 2 rings (SSSR count). The van der Waals surface area contributed by atoms with E-state index in [1.54, 1.807) is 0 Å². The summed E-state index contributed by atoms with van der Waals surface area (Å²) in [6.07, 6.45) is 11.7. The normalized spacial score (nSPS) is 23.7. The number of hydrogen-bond donors (Lipinski definition) is 2. The molecule has 1 atom stereocenters. The van der Waals surface area contributed by atoms with Crippen LogP contribution < -0.4 is 10.6 Å². The average Bonchev–Trinajstić information content (AvgIpc) is 2.98. The molecule has 0 radical (unpaired) electrons. The second kappa shape index (κ2) is 11.2. The van der Waals surface area contributed by atoms with Gasteiger partial charge in [0.1, 0.15) is 0 Å². The Morgan fingerprint density at radius 2 is 1.74 bits per heavy atom. The zero-order chi connectivity index (χ0) is 19.6. The van der Waals surface area contributed by atoms with E-state index in [-0.39, 0.29) is 29.8 Å².